The van der Waals surface area contributed by atoms with E-state index in [0.717, 1.165) is 4.90 Å². The Balaban J connectivity index is 1.32. The number of nitrogens with one attached hydrogen (secondary N) is 2. The van der Waals surface area contributed by atoms with E-state index in [4.69, 9.17) is 5.73 Å². The fourth-order valence-electron chi connectivity index (χ4n) is 5.79. The van der Waals surface area contributed by atoms with Gasteiger partial charge in [0.25, 0.3) is 11.8 Å². The third kappa shape index (κ3) is 3.18. The first-order chi connectivity index (χ1) is 15.7. The molecule has 1 aromatic rings. The molecule has 4 aliphatic rings. The van der Waals surface area contributed by atoms with Crippen LogP contribution >= 0.6 is 0 Å². The second-order valence-corrected chi connectivity index (χ2v) is 9.15. The predicted molar refractivity (Wildman–Crippen MR) is 110 cm³/mol. The Bertz CT molecular complexity index is 1080. The highest BCUT2D eigenvalue weighted by molar-refractivity contribution is 6.24. The van der Waals surface area contributed by atoms with Crippen molar-refractivity contribution in [1.29, 1.82) is 0 Å². The molecule has 33 heavy (non-hydrogen) atoms. The summed E-state index contributed by atoms with van der Waals surface area (Å²) in [6.45, 7) is -0.0357. The first-order valence-corrected chi connectivity index (χ1v) is 10.9. The Morgan fingerprint density at radius 1 is 1.15 bits per heavy atom. The molecule has 6 N–H and O–H groups in total. The van der Waals surface area contributed by atoms with Crippen LogP contribution in [0.15, 0.2) is 18.2 Å². The van der Waals surface area contributed by atoms with Gasteiger partial charge in [0.15, 0.2) is 0 Å². The lowest BCUT2D eigenvalue weighted by atomic mass is 9.83. The molecule has 5 rings (SSSR count). The molecular weight excluding hydrogens is 432 g/mol. The van der Waals surface area contributed by atoms with E-state index in [1.807, 2.05) is 0 Å². The van der Waals surface area contributed by atoms with Crippen molar-refractivity contribution in [2.75, 3.05) is 0 Å². The SMILES string of the molecule is N[C@@H]1C(O)C2C[C@H](C(=O)NCc3cccc4c3C(=O)N(C3CCC(=O)NC3=O)C4=O)C1[C@H]2O. The molecule has 0 spiro atoms. The van der Waals surface area contributed by atoms with Gasteiger partial charge in [0, 0.05) is 36.8 Å². The molecule has 3 fully saturated rings. The van der Waals surface area contributed by atoms with Crippen molar-refractivity contribution in [3.63, 3.8) is 0 Å². The van der Waals surface area contributed by atoms with Crippen LogP contribution in [-0.4, -0.2) is 68.9 Å². The fourth-order valence-corrected chi connectivity index (χ4v) is 5.79. The van der Waals surface area contributed by atoms with E-state index < -0.39 is 65.7 Å². The number of carbonyl (C=O) groups is 5. The van der Waals surface area contributed by atoms with Crippen LogP contribution in [0.1, 0.15) is 45.5 Å². The van der Waals surface area contributed by atoms with Gasteiger partial charge in [-0.1, -0.05) is 12.1 Å². The number of hydrogen-bond donors (Lipinski definition) is 5. The number of imide groups is 2. The second kappa shape index (κ2) is 7.72. The molecule has 174 valence electrons. The molecule has 2 heterocycles. The van der Waals surface area contributed by atoms with Crippen molar-refractivity contribution in [2.45, 2.75) is 50.1 Å². The largest absolute Gasteiger partial charge is 0.392 e. The Labute approximate surface area is 188 Å². The number of piperidine rings is 1. The van der Waals surface area contributed by atoms with Crippen LogP contribution in [0.25, 0.3) is 0 Å². The molecule has 1 aromatic carbocycles. The van der Waals surface area contributed by atoms with Crippen molar-refractivity contribution in [3.8, 4) is 0 Å². The van der Waals surface area contributed by atoms with Crippen LogP contribution in [0.5, 0.6) is 0 Å². The summed E-state index contributed by atoms with van der Waals surface area (Å²) in [5.74, 6) is -4.29. The summed E-state index contributed by atoms with van der Waals surface area (Å²) < 4.78 is 0. The summed E-state index contributed by atoms with van der Waals surface area (Å²) in [7, 11) is 0. The average Bonchev–Trinajstić information content (AvgIpc) is 3.32. The van der Waals surface area contributed by atoms with Crippen LogP contribution < -0.4 is 16.4 Å². The monoisotopic (exact) mass is 456 g/mol. The zero-order chi connectivity index (χ0) is 23.6. The smallest absolute Gasteiger partial charge is 0.262 e. The number of nitrogens with zero attached hydrogens (tertiary/aromatic N) is 1. The predicted octanol–water partition coefficient (Wildman–Crippen LogP) is -1.98. The fraction of sp³-hybridized carbons (Fsp3) is 0.500. The summed E-state index contributed by atoms with van der Waals surface area (Å²) >= 11 is 0. The van der Waals surface area contributed by atoms with E-state index in [0.29, 0.717) is 12.0 Å². The molecule has 7 atom stereocenters. The summed E-state index contributed by atoms with van der Waals surface area (Å²) in [4.78, 5) is 63.4. The summed E-state index contributed by atoms with van der Waals surface area (Å²) in [5.41, 5.74) is 6.64. The van der Waals surface area contributed by atoms with Gasteiger partial charge < -0.3 is 21.3 Å². The molecule has 2 aliphatic heterocycles. The average molecular weight is 456 g/mol. The van der Waals surface area contributed by atoms with E-state index in [9.17, 15) is 34.2 Å². The van der Waals surface area contributed by atoms with Crippen LogP contribution in [-0.2, 0) is 20.9 Å². The third-order valence-electron chi connectivity index (χ3n) is 7.45. The lowest BCUT2D eigenvalue weighted by molar-refractivity contribution is -0.136. The van der Waals surface area contributed by atoms with Gasteiger partial charge in [0.2, 0.25) is 17.7 Å². The lowest BCUT2D eigenvalue weighted by Gasteiger charge is -2.29. The molecule has 11 heteroatoms. The summed E-state index contributed by atoms with van der Waals surface area (Å²) in [5, 5.41) is 25.3. The molecule has 0 aromatic heterocycles. The van der Waals surface area contributed by atoms with Crippen LogP contribution in [0.3, 0.4) is 0 Å². The van der Waals surface area contributed by atoms with Crippen LogP contribution in [0.4, 0.5) is 0 Å². The van der Waals surface area contributed by atoms with Gasteiger partial charge in [-0.05, 0) is 24.5 Å². The molecule has 2 saturated carbocycles. The minimum absolute atomic E-state index is 0.0267. The number of nitrogens with two attached hydrogens (primary N) is 1. The van der Waals surface area contributed by atoms with Crippen LogP contribution in [0.2, 0.25) is 0 Å². The summed E-state index contributed by atoms with van der Waals surface area (Å²) in [6, 6.07) is 2.94. The van der Waals surface area contributed by atoms with Gasteiger partial charge >= 0.3 is 0 Å². The van der Waals surface area contributed by atoms with Gasteiger partial charge in [0.05, 0.1) is 23.3 Å². The number of aliphatic hydroxyl groups excluding tert-OH is 2. The maximum absolute atomic E-state index is 13.1. The quantitative estimate of drug-likeness (QED) is 0.323. The second-order valence-electron chi connectivity index (χ2n) is 9.15. The number of carbonyl (C=O) groups excluding carboxylic acids is 5. The molecule has 5 amide bonds. The zero-order valence-electron chi connectivity index (χ0n) is 17.6. The zero-order valence-corrected chi connectivity index (χ0v) is 17.6. The number of hydrogen-bond acceptors (Lipinski definition) is 8. The Morgan fingerprint density at radius 3 is 2.58 bits per heavy atom. The van der Waals surface area contributed by atoms with Gasteiger partial charge in [-0.15, -0.1) is 0 Å². The minimum atomic E-state index is -1.07. The van der Waals surface area contributed by atoms with Crippen molar-refractivity contribution in [2.24, 2.45) is 23.5 Å². The van der Waals surface area contributed by atoms with Crippen molar-refractivity contribution in [3.05, 3.63) is 34.9 Å². The molecule has 1 saturated heterocycles. The van der Waals surface area contributed by atoms with E-state index in [-0.39, 0.29) is 36.4 Å². The third-order valence-corrected chi connectivity index (χ3v) is 7.45. The van der Waals surface area contributed by atoms with Gasteiger partial charge in [0.1, 0.15) is 6.04 Å². The Hall–Kier alpha value is -3.15. The first-order valence-electron chi connectivity index (χ1n) is 10.9. The minimum Gasteiger partial charge on any atom is -0.392 e. The van der Waals surface area contributed by atoms with E-state index in [1.54, 1.807) is 12.1 Å². The number of aliphatic hydroxyl groups is 2. The van der Waals surface area contributed by atoms with Crippen LogP contribution in [0, 0.1) is 17.8 Å². The van der Waals surface area contributed by atoms with Crippen molar-refractivity contribution < 1.29 is 34.2 Å². The van der Waals surface area contributed by atoms with E-state index in [1.165, 1.54) is 6.07 Å². The number of amides is 5. The normalized spacial score (nSPS) is 35.1. The van der Waals surface area contributed by atoms with Gasteiger partial charge in [-0.25, -0.2) is 0 Å². The number of benzene rings is 1. The maximum Gasteiger partial charge on any atom is 0.262 e. The molecular formula is C22H24N4O7. The van der Waals surface area contributed by atoms with E-state index in [2.05, 4.69) is 10.6 Å². The van der Waals surface area contributed by atoms with Gasteiger partial charge in [-0.3, -0.25) is 34.2 Å². The van der Waals surface area contributed by atoms with E-state index >= 15 is 0 Å². The highest BCUT2D eigenvalue weighted by Crippen LogP contribution is 2.48. The molecule has 0 radical (unpaired) electrons. The van der Waals surface area contributed by atoms with Crippen molar-refractivity contribution in [1.82, 2.24) is 15.5 Å². The molecule has 11 nitrogen and oxygen atoms in total. The molecule has 4 unspecified atom stereocenters. The number of rotatable bonds is 4. The first kappa shape index (κ1) is 21.7. The van der Waals surface area contributed by atoms with Crippen molar-refractivity contribution >= 4 is 29.5 Å². The Morgan fingerprint density at radius 2 is 1.91 bits per heavy atom. The highest BCUT2D eigenvalue weighted by atomic mass is 16.3. The highest BCUT2D eigenvalue weighted by Gasteiger charge is 2.59. The topological polar surface area (TPSA) is 179 Å². The standard InChI is InChI=1S/C22H24N4O7/c23-16-15-10(6-11(17(15)28)18(16)29)19(30)24-7-8-2-1-3-9-14(8)22(33)26(21(9)32)12-4-5-13(27)25-20(12)31/h1-3,10-12,15-18,28-29H,4-7,23H2,(H,24,30)(H,25,27,31)/t10-,11?,12?,15?,16-,17-,18?/m0/s1. The lowest BCUT2D eigenvalue weighted by Crippen LogP contribution is -2.54. The molecule has 2 aliphatic carbocycles. The van der Waals surface area contributed by atoms with Gasteiger partial charge in [-0.2, -0.15) is 0 Å². The maximum atomic E-state index is 13.1. The number of fused-ring (bicyclic) bond motifs is 3. The summed E-state index contributed by atoms with van der Waals surface area (Å²) in [6.07, 6.45) is -1.28. The molecule has 2 bridgehead atoms. The Kier molecular flexibility index (Phi) is 5.07.